The Bertz CT molecular complexity index is 979. The molecular weight excluding hydrogens is 391 g/mol. The molecule has 1 heterocycles. The molecule has 0 spiro atoms. The number of carbonyl (C=O) groups is 1. The van der Waals surface area contributed by atoms with E-state index < -0.39 is 21.7 Å². The highest BCUT2D eigenvalue weighted by atomic mass is 35.5. The Hall–Kier alpha value is -2.12. The van der Waals surface area contributed by atoms with Crippen molar-refractivity contribution >= 4 is 38.9 Å². The number of sulfonamides is 1. The maximum Gasteiger partial charge on any atom is 0.257 e. The van der Waals surface area contributed by atoms with Gasteiger partial charge in [0, 0.05) is 12.2 Å². The molecule has 0 aliphatic carbocycles. The van der Waals surface area contributed by atoms with Gasteiger partial charge in [-0.15, -0.1) is 0 Å². The van der Waals surface area contributed by atoms with E-state index in [2.05, 4.69) is 5.32 Å². The second kappa shape index (κ2) is 7.86. The molecule has 0 radical (unpaired) electrons. The van der Waals surface area contributed by atoms with Crippen LogP contribution in [0.1, 0.15) is 35.7 Å². The van der Waals surface area contributed by atoms with Crippen molar-refractivity contribution in [2.24, 2.45) is 0 Å². The summed E-state index contributed by atoms with van der Waals surface area (Å²) in [7, 11) is -3.34. The molecule has 2 aromatic rings. The second-order valence-electron chi connectivity index (χ2n) is 6.41. The summed E-state index contributed by atoms with van der Waals surface area (Å²) in [5, 5.41) is 2.76. The van der Waals surface area contributed by atoms with E-state index in [-0.39, 0.29) is 16.3 Å². The van der Waals surface area contributed by atoms with Crippen molar-refractivity contribution in [1.29, 1.82) is 0 Å². The van der Waals surface area contributed by atoms with Crippen LogP contribution in [0, 0.1) is 5.82 Å². The van der Waals surface area contributed by atoms with Crippen molar-refractivity contribution in [3.63, 3.8) is 0 Å². The molecule has 0 aromatic heterocycles. The molecule has 0 atom stereocenters. The van der Waals surface area contributed by atoms with Crippen LogP contribution >= 0.6 is 11.6 Å². The van der Waals surface area contributed by atoms with E-state index in [0.29, 0.717) is 24.3 Å². The molecule has 1 N–H and O–H groups in total. The zero-order valence-electron chi connectivity index (χ0n) is 14.8. The minimum Gasteiger partial charge on any atom is -0.322 e. The van der Waals surface area contributed by atoms with E-state index in [9.17, 15) is 17.6 Å². The first-order valence-electron chi connectivity index (χ1n) is 8.71. The molecule has 1 aliphatic rings. The quantitative estimate of drug-likeness (QED) is 0.802. The number of fused-ring (bicyclic) bond motifs is 1. The fourth-order valence-electron chi connectivity index (χ4n) is 3.17. The molecule has 0 unspecified atom stereocenters. The number of aryl methyl sites for hydroxylation is 1. The lowest BCUT2D eigenvalue weighted by Gasteiger charge is -2.30. The van der Waals surface area contributed by atoms with Gasteiger partial charge in [0.2, 0.25) is 10.0 Å². The number of anilines is 2. The van der Waals surface area contributed by atoms with Gasteiger partial charge in [-0.3, -0.25) is 9.10 Å². The molecule has 8 heteroatoms. The molecular formula is C19H20ClFN2O3S. The van der Waals surface area contributed by atoms with Crippen LogP contribution < -0.4 is 9.62 Å². The van der Waals surface area contributed by atoms with Crippen LogP contribution in [-0.4, -0.2) is 26.6 Å². The number of carbonyl (C=O) groups excluding carboxylic acids is 1. The van der Waals surface area contributed by atoms with Crippen molar-refractivity contribution in [3.8, 4) is 0 Å². The molecule has 144 valence electrons. The summed E-state index contributed by atoms with van der Waals surface area (Å²) in [6.45, 7) is 2.30. The number of nitrogens with zero attached hydrogens (tertiary/aromatic N) is 1. The summed E-state index contributed by atoms with van der Waals surface area (Å²) in [6.07, 6.45) is 2.01. The van der Waals surface area contributed by atoms with Gasteiger partial charge >= 0.3 is 0 Å². The molecule has 5 nitrogen and oxygen atoms in total. The first-order chi connectivity index (χ1) is 12.8. The number of amides is 1. The van der Waals surface area contributed by atoms with E-state index >= 15 is 0 Å². The van der Waals surface area contributed by atoms with Gasteiger partial charge in [-0.1, -0.05) is 18.5 Å². The van der Waals surface area contributed by atoms with E-state index in [1.807, 2.05) is 6.92 Å². The number of hydrogen-bond donors (Lipinski definition) is 1. The lowest BCUT2D eigenvalue weighted by Crippen LogP contribution is -2.37. The van der Waals surface area contributed by atoms with Crippen molar-refractivity contribution in [2.45, 2.75) is 26.2 Å². The predicted octanol–water partition coefficient (Wildman–Crippen LogP) is 4.22. The third-order valence-corrected chi connectivity index (χ3v) is 6.67. The van der Waals surface area contributed by atoms with Crippen molar-refractivity contribution in [1.82, 2.24) is 0 Å². The first-order valence-corrected chi connectivity index (χ1v) is 10.7. The fraction of sp³-hybridized carbons (Fsp3) is 0.316. The van der Waals surface area contributed by atoms with Gasteiger partial charge in [-0.25, -0.2) is 12.8 Å². The monoisotopic (exact) mass is 410 g/mol. The Morgan fingerprint density at radius 2 is 2.04 bits per heavy atom. The fourth-order valence-corrected chi connectivity index (χ4v) is 5.04. The standard InChI is InChI=1S/C19H20ClFN2O3S/c1-2-10-27(25,26)23-9-3-4-13-11-15(6-8-18(13)23)22-19(24)16-7-5-14(21)12-17(16)20/h5-8,11-12H,2-4,9-10H2,1H3,(H,22,24). The minimum atomic E-state index is -3.34. The Kier molecular flexibility index (Phi) is 5.72. The van der Waals surface area contributed by atoms with Crippen LogP contribution in [-0.2, 0) is 16.4 Å². The topological polar surface area (TPSA) is 66.5 Å². The van der Waals surface area contributed by atoms with Gasteiger partial charge in [0.25, 0.3) is 5.91 Å². The molecule has 0 bridgehead atoms. The average Bonchev–Trinajstić information content (AvgIpc) is 2.60. The van der Waals surface area contributed by atoms with Crippen LogP contribution in [0.2, 0.25) is 5.02 Å². The SMILES string of the molecule is CCCS(=O)(=O)N1CCCc2cc(NC(=O)c3ccc(F)cc3Cl)ccc21. The molecule has 0 saturated carbocycles. The molecule has 1 amide bonds. The van der Waals surface area contributed by atoms with Crippen molar-refractivity contribution in [2.75, 3.05) is 21.9 Å². The predicted molar refractivity (Wildman–Crippen MR) is 106 cm³/mol. The summed E-state index contributed by atoms with van der Waals surface area (Å²) in [5.74, 6) is -0.863. The molecule has 0 saturated heterocycles. The van der Waals surface area contributed by atoms with Gasteiger partial charge in [-0.2, -0.15) is 0 Å². The van der Waals surface area contributed by atoms with E-state index in [0.717, 1.165) is 24.5 Å². The molecule has 0 fully saturated rings. The highest BCUT2D eigenvalue weighted by molar-refractivity contribution is 7.92. The maximum absolute atomic E-state index is 13.1. The molecule has 1 aliphatic heterocycles. The number of rotatable bonds is 5. The van der Waals surface area contributed by atoms with Gasteiger partial charge in [0.15, 0.2) is 0 Å². The van der Waals surface area contributed by atoms with Crippen molar-refractivity contribution < 1.29 is 17.6 Å². The first kappa shape index (κ1) is 19.6. The maximum atomic E-state index is 13.1. The second-order valence-corrected chi connectivity index (χ2v) is 8.83. The van der Waals surface area contributed by atoms with Gasteiger partial charge in [0.05, 0.1) is 22.0 Å². The summed E-state index contributed by atoms with van der Waals surface area (Å²) in [5.41, 5.74) is 2.23. The third-order valence-electron chi connectivity index (χ3n) is 4.39. The van der Waals surface area contributed by atoms with Crippen molar-refractivity contribution in [3.05, 3.63) is 58.4 Å². The normalized spacial score (nSPS) is 14.0. The Labute approximate surface area is 163 Å². The molecule has 27 heavy (non-hydrogen) atoms. The van der Waals surface area contributed by atoms with Crippen LogP contribution in [0.5, 0.6) is 0 Å². The van der Waals surface area contributed by atoms with Gasteiger partial charge in [0.1, 0.15) is 5.82 Å². The lowest BCUT2D eigenvalue weighted by atomic mass is 10.0. The summed E-state index contributed by atoms with van der Waals surface area (Å²) in [6, 6.07) is 8.73. The minimum absolute atomic E-state index is 0.0299. The van der Waals surface area contributed by atoms with Crippen LogP contribution in [0.3, 0.4) is 0 Å². The highest BCUT2D eigenvalue weighted by Crippen LogP contribution is 2.32. The van der Waals surface area contributed by atoms with Gasteiger partial charge in [-0.05, 0) is 61.2 Å². The lowest BCUT2D eigenvalue weighted by molar-refractivity contribution is 0.102. The summed E-state index contributed by atoms with van der Waals surface area (Å²) in [4.78, 5) is 12.4. The summed E-state index contributed by atoms with van der Waals surface area (Å²) >= 11 is 5.93. The number of hydrogen-bond acceptors (Lipinski definition) is 3. The Morgan fingerprint density at radius 3 is 2.74 bits per heavy atom. The Balaban J connectivity index is 1.85. The van der Waals surface area contributed by atoms with E-state index in [4.69, 9.17) is 11.6 Å². The molecule has 2 aromatic carbocycles. The van der Waals surface area contributed by atoms with Crippen LogP contribution in [0.15, 0.2) is 36.4 Å². The average molecular weight is 411 g/mol. The van der Waals surface area contributed by atoms with Gasteiger partial charge < -0.3 is 5.32 Å². The number of benzene rings is 2. The van der Waals surface area contributed by atoms with E-state index in [1.165, 1.54) is 16.4 Å². The largest absolute Gasteiger partial charge is 0.322 e. The number of nitrogens with one attached hydrogen (secondary N) is 1. The Morgan fingerprint density at radius 1 is 1.26 bits per heavy atom. The van der Waals surface area contributed by atoms with E-state index in [1.54, 1.807) is 18.2 Å². The zero-order chi connectivity index (χ0) is 19.6. The zero-order valence-corrected chi connectivity index (χ0v) is 16.4. The highest BCUT2D eigenvalue weighted by Gasteiger charge is 2.27. The van der Waals surface area contributed by atoms with Crippen LogP contribution in [0.4, 0.5) is 15.8 Å². The third kappa shape index (κ3) is 4.25. The van der Waals surface area contributed by atoms with Crippen LogP contribution in [0.25, 0.3) is 0 Å². The number of halogens is 2. The molecule has 3 rings (SSSR count). The summed E-state index contributed by atoms with van der Waals surface area (Å²) < 4.78 is 39.5. The smallest absolute Gasteiger partial charge is 0.257 e.